The van der Waals surface area contributed by atoms with Crippen molar-refractivity contribution in [1.82, 2.24) is 5.32 Å². The molecule has 0 spiro atoms. The molecule has 0 saturated carbocycles. The van der Waals surface area contributed by atoms with E-state index in [1.807, 2.05) is 27.2 Å². The lowest BCUT2D eigenvalue weighted by Gasteiger charge is -2.25. The number of hydrogen-bond donors (Lipinski definition) is 3. The van der Waals surface area contributed by atoms with Crippen LogP contribution in [-0.4, -0.2) is 73.4 Å². The number of aliphatic hydroxyl groups excluding tert-OH is 1. The summed E-state index contributed by atoms with van der Waals surface area (Å²) in [5.41, 5.74) is 0. The second-order valence-corrected chi connectivity index (χ2v) is 22.1. The molecule has 8 nitrogen and oxygen atoms in total. The highest BCUT2D eigenvalue weighted by molar-refractivity contribution is 7.47. The SMILES string of the molecule is CC/C=C\C/C=C\C/C=C\C/C=C\CCCCCCCCCCCCCCCCCCCCCCCCC(=O)NC(COP(=O)(O)OCC[N+](C)(C)C)C(O)/C=C/CC/C=C/CC/C=C/CCCCC. The third-order valence-electron chi connectivity index (χ3n) is 12.6. The zero-order valence-electron chi connectivity index (χ0n) is 46.2. The number of likely N-dealkylation sites (N-methyl/N-ethyl adjacent to an activating group) is 1. The van der Waals surface area contributed by atoms with Gasteiger partial charge in [0.05, 0.1) is 39.9 Å². The summed E-state index contributed by atoms with van der Waals surface area (Å²) in [4.78, 5) is 23.2. The molecule has 0 aromatic heterocycles. The number of allylic oxidation sites excluding steroid dienone is 13. The molecule has 0 saturated heterocycles. The molecule has 3 atom stereocenters. The Morgan fingerprint density at radius 2 is 0.871 bits per heavy atom. The molecule has 3 N–H and O–H groups in total. The van der Waals surface area contributed by atoms with Crippen LogP contribution in [0.2, 0.25) is 0 Å². The van der Waals surface area contributed by atoms with Gasteiger partial charge in [-0.3, -0.25) is 13.8 Å². The Morgan fingerprint density at radius 1 is 0.500 bits per heavy atom. The summed E-state index contributed by atoms with van der Waals surface area (Å²) >= 11 is 0. The molecule has 406 valence electrons. The highest BCUT2D eigenvalue weighted by Crippen LogP contribution is 2.43. The zero-order valence-corrected chi connectivity index (χ0v) is 47.1. The average Bonchev–Trinajstić information content (AvgIpc) is 3.32. The van der Waals surface area contributed by atoms with Gasteiger partial charge in [-0.25, -0.2) is 4.57 Å². The first-order valence-electron chi connectivity index (χ1n) is 29.0. The van der Waals surface area contributed by atoms with Crippen molar-refractivity contribution in [3.63, 3.8) is 0 Å². The summed E-state index contributed by atoms with van der Waals surface area (Å²) in [6.45, 7) is 4.64. The molecule has 0 aliphatic heterocycles. The van der Waals surface area contributed by atoms with E-state index >= 15 is 0 Å². The van der Waals surface area contributed by atoms with Gasteiger partial charge in [0, 0.05) is 6.42 Å². The molecule has 0 rings (SSSR count). The molecule has 0 aromatic rings. The van der Waals surface area contributed by atoms with Crippen molar-refractivity contribution in [2.75, 3.05) is 40.9 Å². The van der Waals surface area contributed by atoms with E-state index in [1.54, 1.807) is 6.08 Å². The third-order valence-corrected chi connectivity index (χ3v) is 13.6. The summed E-state index contributed by atoms with van der Waals surface area (Å²) in [7, 11) is 1.54. The van der Waals surface area contributed by atoms with E-state index < -0.39 is 20.0 Å². The number of phosphoric ester groups is 1. The monoisotopic (exact) mass is 1000 g/mol. The molecular weight excluding hydrogens is 888 g/mol. The maximum atomic E-state index is 12.9. The zero-order chi connectivity index (χ0) is 51.3. The quantitative estimate of drug-likeness (QED) is 0.0243. The molecule has 3 unspecified atom stereocenters. The van der Waals surface area contributed by atoms with Gasteiger partial charge in [0.15, 0.2) is 0 Å². The van der Waals surface area contributed by atoms with Gasteiger partial charge in [-0.2, -0.15) is 0 Å². The van der Waals surface area contributed by atoms with Crippen LogP contribution < -0.4 is 5.32 Å². The number of carbonyl (C=O) groups is 1. The molecule has 0 fully saturated rings. The summed E-state index contributed by atoms with van der Waals surface area (Å²) in [6.07, 6.45) is 72.8. The number of amides is 1. The van der Waals surface area contributed by atoms with Crippen molar-refractivity contribution < 1.29 is 32.9 Å². The van der Waals surface area contributed by atoms with Crippen molar-refractivity contribution in [1.29, 1.82) is 0 Å². The molecule has 70 heavy (non-hydrogen) atoms. The highest BCUT2D eigenvalue weighted by Gasteiger charge is 2.27. The lowest BCUT2D eigenvalue weighted by molar-refractivity contribution is -0.870. The molecule has 0 aliphatic carbocycles. The van der Waals surface area contributed by atoms with Crippen molar-refractivity contribution in [2.45, 2.75) is 257 Å². The Bertz CT molecular complexity index is 1410. The topological polar surface area (TPSA) is 105 Å². The number of quaternary nitrogens is 1. The second kappa shape index (κ2) is 51.6. The molecule has 0 bridgehead atoms. The van der Waals surface area contributed by atoms with E-state index in [2.05, 4.69) is 92.1 Å². The number of hydrogen-bond acceptors (Lipinski definition) is 5. The molecule has 0 aliphatic rings. The predicted octanol–water partition coefficient (Wildman–Crippen LogP) is 17.6. The lowest BCUT2D eigenvalue weighted by atomic mass is 10.0. The van der Waals surface area contributed by atoms with Crippen molar-refractivity contribution >= 4 is 13.7 Å². The first kappa shape index (κ1) is 67.7. The van der Waals surface area contributed by atoms with E-state index in [9.17, 15) is 19.4 Å². The number of nitrogens with one attached hydrogen (secondary N) is 1. The first-order chi connectivity index (χ1) is 34.0. The van der Waals surface area contributed by atoms with Gasteiger partial charge in [-0.05, 0) is 83.5 Å². The van der Waals surface area contributed by atoms with Crippen LogP contribution in [0.3, 0.4) is 0 Å². The van der Waals surface area contributed by atoms with Crippen LogP contribution in [-0.2, 0) is 18.4 Å². The van der Waals surface area contributed by atoms with Gasteiger partial charge >= 0.3 is 7.82 Å². The minimum Gasteiger partial charge on any atom is -0.387 e. The predicted molar refractivity (Wildman–Crippen MR) is 304 cm³/mol. The molecule has 0 aromatic carbocycles. The third kappa shape index (κ3) is 53.5. The Hall–Kier alpha value is -2.32. The maximum Gasteiger partial charge on any atom is 0.472 e. The maximum absolute atomic E-state index is 12.9. The minimum atomic E-state index is -4.36. The fraction of sp³-hybridized carbons (Fsp3) is 0.754. The Balaban J connectivity index is 4.00. The normalized spacial score (nSPS) is 14.6. The molecule has 9 heteroatoms. The number of carbonyl (C=O) groups excluding carboxylic acids is 1. The van der Waals surface area contributed by atoms with E-state index in [1.165, 1.54) is 148 Å². The summed E-state index contributed by atoms with van der Waals surface area (Å²) in [6, 6.07) is -0.871. The van der Waals surface area contributed by atoms with Crippen molar-refractivity contribution in [3.05, 3.63) is 85.1 Å². The van der Waals surface area contributed by atoms with Crippen LogP contribution in [0, 0.1) is 0 Å². The largest absolute Gasteiger partial charge is 0.472 e. The van der Waals surface area contributed by atoms with E-state index in [4.69, 9.17) is 9.05 Å². The van der Waals surface area contributed by atoms with Gasteiger partial charge < -0.3 is 19.8 Å². The van der Waals surface area contributed by atoms with Gasteiger partial charge in [-0.1, -0.05) is 240 Å². The number of aliphatic hydroxyl groups is 1. The summed E-state index contributed by atoms with van der Waals surface area (Å²) in [5, 5.41) is 13.9. The number of rotatable bonds is 52. The second-order valence-electron chi connectivity index (χ2n) is 20.6. The number of unbranched alkanes of at least 4 members (excludes halogenated alkanes) is 27. The highest BCUT2D eigenvalue weighted by atomic mass is 31.2. The summed E-state index contributed by atoms with van der Waals surface area (Å²) < 4.78 is 23.6. The van der Waals surface area contributed by atoms with Crippen LogP contribution in [0.5, 0.6) is 0 Å². The lowest BCUT2D eigenvalue weighted by Crippen LogP contribution is -2.45. The molecule has 0 heterocycles. The van der Waals surface area contributed by atoms with E-state index in [0.717, 1.165) is 77.0 Å². The molecule has 0 radical (unpaired) electrons. The van der Waals surface area contributed by atoms with Gasteiger partial charge in [0.2, 0.25) is 5.91 Å². The van der Waals surface area contributed by atoms with E-state index in [-0.39, 0.29) is 19.1 Å². The summed E-state index contributed by atoms with van der Waals surface area (Å²) in [5.74, 6) is -0.191. The standard InChI is InChI=1S/C61H111N2O6P/c1-6-8-10-12-14-16-18-20-21-22-23-24-25-26-27-28-29-30-31-32-33-34-35-36-37-38-39-40-41-43-45-47-49-51-53-55-61(65)62-59(58-69-70(66,67)68-57-56-63(3,4)5)60(64)54-52-50-48-46-44-42-19-17-15-13-11-9-7-2/h8,10,14-17,20-21,23-24,44,46,52,54,59-60,64H,6-7,9,11-13,18-19,22,25-43,45,47-51,53,55-58H2,1-5H3,(H-,62,65,66,67)/p+1/b10-8-,16-14-,17-15+,21-20-,24-23-,46-44+,54-52+. The van der Waals surface area contributed by atoms with Crippen LogP contribution in [0.25, 0.3) is 0 Å². The van der Waals surface area contributed by atoms with Gasteiger partial charge in [-0.15, -0.1) is 0 Å². The van der Waals surface area contributed by atoms with Crippen molar-refractivity contribution in [3.8, 4) is 0 Å². The first-order valence-corrected chi connectivity index (χ1v) is 30.5. The Kier molecular flexibility index (Phi) is 49.9. The molecular formula is C61H112N2O6P+. The Morgan fingerprint density at radius 3 is 1.31 bits per heavy atom. The number of nitrogens with zero attached hydrogens (tertiary/aromatic N) is 1. The van der Waals surface area contributed by atoms with Crippen LogP contribution >= 0.6 is 7.82 Å². The fourth-order valence-electron chi connectivity index (χ4n) is 8.07. The number of phosphoric acid groups is 1. The Labute approximate surface area is 433 Å². The van der Waals surface area contributed by atoms with Crippen LogP contribution in [0.4, 0.5) is 0 Å². The van der Waals surface area contributed by atoms with Gasteiger partial charge in [0.25, 0.3) is 0 Å². The van der Waals surface area contributed by atoms with Crippen molar-refractivity contribution in [2.24, 2.45) is 0 Å². The fourth-order valence-corrected chi connectivity index (χ4v) is 8.80. The average molecular weight is 1000 g/mol. The minimum absolute atomic E-state index is 0.0520. The molecule has 1 amide bonds. The van der Waals surface area contributed by atoms with E-state index in [0.29, 0.717) is 17.4 Å². The van der Waals surface area contributed by atoms with Gasteiger partial charge in [0.1, 0.15) is 13.2 Å². The smallest absolute Gasteiger partial charge is 0.387 e. The van der Waals surface area contributed by atoms with Crippen LogP contribution in [0.1, 0.15) is 245 Å². The van der Waals surface area contributed by atoms with Crippen LogP contribution in [0.15, 0.2) is 85.1 Å².